The average molecular weight is 294 g/mol. The zero-order valence-electron chi connectivity index (χ0n) is 13.6. The van der Waals surface area contributed by atoms with Gasteiger partial charge >= 0.3 is 0 Å². The van der Waals surface area contributed by atoms with E-state index in [4.69, 9.17) is 0 Å². The first-order chi connectivity index (χ1) is 10.7. The Morgan fingerprint density at radius 3 is 2.68 bits per heavy atom. The highest BCUT2D eigenvalue weighted by molar-refractivity contribution is 6.01. The minimum atomic E-state index is 0.809. The van der Waals surface area contributed by atoms with Gasteiger partial charge in [0.1, 0.15) is 5.84 Å². The molecule has 0 aromatic carbocycles. The number of hydrogen-bond acceptors (Lipinski definition) is 3. The van der Waals surface area contributed by atoms with Crippen molar-refractivity contribution in [2.75, 3.05) is 7.05 Å². The lowest BCUT2D eigenvalue weighted by molar-refractivity contribution is 1.13. The van der Waals surface area contributed by atoms with Crippen LogP contribution in [-0.4, -0.2) is 22.9 Å². The summed E-state index contributed by atoms with van der Waals surface area (Å²) in [4.78, 5) is 13.3. The summed E-state index contributed by atoms with van der Waals surface area (Å²) < 4.78 is 0. The molecule has 4 heteroatoms. The van der Waals surface area contributed by atoms with Crippen molar-refractivity contribution in [1.29, 1.82) is 0 Å². The van der Waals surface area contributed by atoms with E-state index >= 15 is 0 Å². The first-order valence-corrected chi connectivity index (χ1v) is 7.44. The third kappa shape index (κ3) is 3.79. The van der Waals surface area contributed by atoms with Gasteiger partial charge in [0.15, 0.2) is 0 Å². The summed E-state index contributed by atoms with van der Waals surface area (Å²) in [6.07, 6.45) is 8.67. The Labute approximate surface area is 132 Å². The Kier molecular flexibility index (Phi) is 5.42. The molecule has 2 aromatic heterocycles. The first-order valence-electron chi connectivity index (χ1n) is 7.44. The van der Waals surface area contributed by atoms with Gasteiger partial charge in [-0.05, 0) is 44.2 Å². The molecule has 0 spiro atoms. The lowest BCUT2D eigenvalue weighted by Gasteiger charge is -2.10. The summed E-state index contributed by atoms with van der Waals surface area (Å²) in [5.41, 5.74) is 4.98. The zero-order valence-corrected chi connectivity index (χ0v) is 13.6. The molecule has 2 heterocycles. The van der Waals surface area contributed by atoms with Crippen molar-refractivity contribution in [1.82, 2.24) is 15.3 Å². The number of pyridine rings is 2. The molecule has 0 bridgehead atoms. The van der Waals surface area contributed by atoms with E-state index in [1.807, 2.05) is 38.5 Å². The number of aromatic nitrogens is 2. The Morgan fingerprint density at radius 1 is 1.23 bits per heavy atom. The van der Waals surface area contributed by atoms with Crippen molar-refractivity contribution >= 4 is 5.84 Å². The van der Waals surface area contributed by atoms with Gasteiger partial charge in [-0.2, -0.15) is 0 Å². The van der Waals surface area contributed by atoms with E-state index in [-0.39, 0.29) is 0 Å². The summed E-state index contributed by atoms with van der Waals surface area (Å²) in [7, 11) is 1.78. The van der Waals surface area contributed by atoms with E-state index in [1.54, 1.807) is 7.05 Å². The number of amidine groups is 1. The Balaban J connectivity index is 2.37. The molecule has 1 N–H and O–H groups in total. The first kappa shape index (κ1) is 15.9. The molecule has 0 aliphatic carbocycles. The van der Waals surface area contributed by atoms with Crippen molar-refractivity contribution in [3.05, 3.63) is 59.7 Å². The second kappa shape index (κ2) is 7.50. The van der Waals surface area contributed by atoms with Gasteiger partial charge in [0.25, 0.3) is 0 Å². The number of allylic oxidation sites excluding steroid dienone is 1. The predicted octanol–water partition coefficient (Wildman–Crippen LogP) is 3.65. The zero-order chi connectivity index (χ0) is 15.9. The molecular formula is C18H22N4. The quantitative estimate of drug-likeness (QED) is 0.691. The van der Waals surface area contributed by atoms with Crippen molar-refractivity contribution in [3.63, 3.8) is 0 Å². The summed E-state index contributed by atoms with van der Waals surface area (Å²) in [5, 5.41) is 3.22. The minimum Gasteiger partial charge on any atom is -0.347 e. The molecule has 0 saturated carbocycles. The Morgan fingerprint density at radius 2 is 2.05 bits per heavy atom. The topological polar surface area (TPSA) is 50.2 Å². The van der Waals surface area contributed by atoms with E-state index in [1.165, 1.54) is 0 Å². The van der Waals surface area contributed by atoms with Crippen LogP contribution in [0.15, 0.2) is 47.9 Å². The Bertz CT molecular complexity index is 685. The maximum absolute atomic E-state index is 4.49. The second-order valence-corrected chi connectivity index (χ2v) is 5.10. The SMILES string of the molecule is CC/C=C/NC(=NC)c1cc(-c2ccc(C)cn2)cnc1C. The minimum absolute atomic E-state index is 0.809. The number of nitrogens with one attached hydrogen (secondary N) is 1. The van der Waals surface area contributed by atoms with Crippen LogP contribution >= 0.6 is 0 Å². The van der Waals surface area contributed by atoms with Gasteiger partial charge in [-0.15, -0.1) is 0 Å². The Hall–Kier alpha value is -2.49. The summed E-state index contributed by atoms with van der Waals surface area (Å²) in [6.45, 7) is 6.11. The van der Waals surface area contributed by atoms with Gasteiger partial charge in [-0.25, -0.2) is 0 Å². The van der Waals surface area contributed by atoms with Crippen LogP contribution in [0, 0.1) is 13.8 Å². The van der Waals surface area contributed by atoms with Gasteiger partial charge in [0.05, 0.1) is 5.69 Å². The lowest BCUT2D eigenvalue weighted by atomic mass is 10.1. The molecule has 22 heavy (non-hydrogen) atoms. The number of nitrogens with zero attached hydrogens (tertiary/aromatic N) is 3. The second-order valence-electron chi connectivity index (χ2n) is 5.10. The maximum atomic E-state index is 4.49. The molecule has 4 nitrogen and oxygen atoms in total. The van der Waals surface area contributed by atoms with E-state index in [0.29, 0.717) is 0 Å². The van der Waals surface area contributed by atoms with Gasteiger partial charge in [-0.1, -0.05) is 19.1 Å². The molecule has 0 atom stereocenters. The van der Waals surface area contributed by atoms with Gasteiger partial charge in [0.2, 0.25) is 0 Å². The lowest BCUT2D eigenvalue weighted by Crippen LogP contribution is -2.20. The van der Waals surface area contributed by atoms with Crippen LogP contribution in [0.25, 0.3) is 11.3 Å². The van der Waals surface area contributed by atoms with Gasteiger partial charge in [-0.3, -0.25) is 15.0 Å². The molecule has 0 unspecified atom stereocenters. The van der Waals surface area contributed by atoms with Crippen LogP contribution in [0.5, 0.6) is 0 Å². The maximum Gasteiger partial charge on any atom is 0.133 e. The summed E-state index contributed by atoms with van der Waals surface area (Å²) in [6, 6.07) is 6.15. The largest absolute Gasteiger partial charge is 0.347 e. The molecule has 0 fully saturated rings. The summed E-state index contributed by atoms with van der Waals surface area (Å²) >= 11 is 0. The monoisotopic (exact) mass is 294 g/mol. The molecule has 0 aliphatic heterocycles. The molecule has 2 rings (SSSR count). The van der Waals surface area contributed by atoms with Crippen LogP contribution in [0.1, 0.15) is 30.2 Å². The predicted molar refractivity (Wildman–Crippen MR) is 92.0 cm³/mol. The fourth-order valence-electron chi connectivity index (χ4n) is 2.07. The number of hydrogen-bond donors (Lipinski definition) is 1. The summed E-state index contributed by atoms with van der Waals surface area (Å²) in [5.74, 6) is 0.809. The molecule has 114 valence electrons. The van der Waals surface area contributed by atoms with E-state index in [2.05, 4.69) is 45.4 Å². The van der Waals surface area contributed by atoms with Crippen molar-refractivity contribution < 1.29 is 0 Å². The van der Waals surface area contributed by atoms with E-state index in [0.717, 1.165) is 40.3 Å². The van der Waals surface area contributed by atoms with Crippen molar-refractivity contribution in [2.45, 2.75) is 27.2 Å². The normalized spacial score (nSPS) is 11.9. The highest BCUT2D eigenvalue weighted by atomic mass is 15.0. The highest BCUT2D eigenvalue weighted by Gasteiger charge is 2.09. The average Bonchev–Trinajstić information content (AvgIpc) is 2.53. The third-order valence-corrected chi connectivity index (χ3v) is 3.35. The number of aliphatic imine (C=N–C) groups is 1. The van der Waals surface area contributed by atoms with Gasteiger partial charge in [0, 0.05) is 36.3 Å². The van der Waals surface area contributed by atoms with Crippen LogP contribution < -0.4 is 5.32 Å². The van der Waals surface area contributed by atoms with Crippen LogP contribution in [0.2, 0.25) is 0 Å². The molecular weight excluding hydrogens is 272 g/mol. The van der Waals surface area contributed by atoms with Crippen LogP contribution in [0.4, 0.5) is 0 Å². The molecule has 0 aliphatic rings. The van der Waals surface area contributed by atoms with E-state index in [9.17, 15) is 0 Å². The number of aryl methyl sites for hydroxylation is 2. The number of rotatable bonds is 4. The van der Waals surface area contributed by atoms with Gasteiger partial charge < -0.3 is 5.32 Å². The van der Waals surface area contributed by atoms with Crippen LogP contribution in [0.3, 0.4) is 0 Å². The molecule has 0 radical (unpaired) electrons. The molecule has 0 amide bonds. The van der Waals surface area contributed by atoms with Crippen molar-refractivity contribution in [3.8, 4) is 11.3 Å². The van der Waals surface area contributed by atoms with Crippen LogP contribution in [-0.2, 0) is 0 Å². The smallest absolute Gasteiger partial charge is 0.133 e. The van der Waals surface area contributed by atoms with Crippen molar-refractivity contribution in [2.24, 2.45) is 4.99 Å². The van der Waals surface area contributed by atoms with E-state index < -0.39 is 0 Å². The molecule has 2 aromatic rings. The molecule has 0 saturated heterocycles. The third-order valence-electron chi connectivity index (χ3n) is 3.35. The fourth-order valence-corrected chi connectivity index (χ4v) is 2.07. The standard InChI is InChI=1S/C18H22N4/c1-5-6-9-20-18(19-4)16-10-15(12-21-14(16)3)17-8-7-13(2)11-22-17/h6-12H,5H2,1-4H3,(H,19,20)/b9-6+. The fraction of sp³-hybridized carbons (Fsp3) is 0.278. The highest BCUT2D eigenvalue weighted by Crippen LogP contribution is 2.19.